The molecule has 2 aromatic rings. The van der Waals surface area contributed by atoms with Gasteiger partial charge in [0.05, 0.1) is 30.7 Å². The molecule has 0 aliphatic heterocycles. The molecule has 0 amide bonds. The molecule has 7 nitrogen and oxygen atoms in total. The fraction of sp³-hybridized carbons (Fsp3) is 0.571. The smallest absolute Gasteiger partial charge is 0.233 e. The average molecular weight is 290 g/mol. The molecule has 0 saturated heterocycles. The first-order chi connectivity index (χ1) is 10.3. The predicted molar refractivity (Wildman–Crippen MR) is 79.0 cm³/mol. The minimum atomic E-state index is -0.0649. The maximum Gasteiger partial charge on any atom is 0.233 e. The summed E-state index contributed by atoms with van der Waals surface area (Å²) in [5.74, 6) is 0.508. The third-order valence-corrected chi connectivity index (χ3v) is 3.14. The highest BCUT2D eigenvalue weighted by molar-refractivity contribution is 5.21. The molecule has 0 aromatic carbocycles. The summed E-state index contributed by atoms with van der Waals surface area (Å²) in [6.07, 6.45) is 3.83. The van der Waals surface area contributed by atoms with Crippen LogP contribution < -0.4 is 10.1 Å². The fourth-order valence-electron chi connectivity index (χ4n) is 2.12. The van der Waals surface area contributed by atoms with Crippen LogP contribution in [-0.2, 0) is 6.54 Å². The summed E-state index contributed by atoms with van der Waals surface area (Å²) >= 11 is 0. The Balaban J connectivity index is 2.29. The van der Waals surface area contributed by atoms with Gasteiger partial charge in [0.2, 0.25) is 5.88 Å². The zero-order valence-corrected chi connectivity index (χ0v) is 12.8. The Morgan fingerprint density at radius 2 is 2.10 bits per heavy atom. The van der Waals surface area contributed by atoms with E-state index in [0.29, 0.717) is 5.88 Å². The zero-order chi connectivity index (χ0) is 15.1. The number of hydrogen-bond acceptors (Lipinski definition) is 6. The molecular formula is C14H22N6O. The summed E-state index contributed by atoms with van der Waals surface area (Å²) in [5, 5.41) is 20.0. The third kappa shape index (κ3) is 3.75. The highest BCUT2D eigenvalue weighted by Crippen LogP contribution is 2.20. The van der Waals surface area contributed by atoms with Crippen molar-refractivity contribution in [3.63, 3.8) is 0 Å². The molecule has 0 bridgehead atoms. The van der Waals surface area contributed by atoms with Gasteiger partial charge in [-0.15, -0.1) is 15.3 Å². The monoisotopic (exact) mass is 290 g/mol. The Bertz CT molecular complexity index is 539. The van der Waals surface area contributed by atoms with Crippen LogP contribution in [0.3, 0.4) is 0 Å². The van der Waals surface area contributed by atoms with Crippen LogP contribution in [0.2, 0.25) is 0 Å². The van der Waals surface area contributed by atoms with E-state index in [1.807, 2.05) is 16.8 Å². The van der Waals surface area contributed by atoms with Crippen molar-refractivity contribution in [3.8, 4) is 5.88 Å². The number of aromatic nitrogens is 5. The summed E-state index contributed by atoms with van der Waals surface area (Å²) in [7, 11) is 1.58. The molecule has 7 heteroatoms. The highest BCUT2D eigenvalue weighted by atomic mass is 16.5. The molecule has 0 radical (unpaired) electrons. The van der Waals surface area contributed by atoms with E-state index in [4.69, 9.17) is 4.74 Å². The standard InChI is InChI=1S/C14H22N6O/c1-4-8-15-14(11-6-7-13(21-3)18-17-11)12-10-16-19-20(12)9-5-2/h6-7,10,14-15H,4-5,8-9H2,1-3H3. The minimum absolute atomic E-state index is 0.0649. The second-order valence-electron chi connectivity index (χ2n) is 4.77. The molecule has 0 aliphatic carbocycles. The van der Waals surface area contributed by atoms with Crippen molar-refractivity contribution in [2.24, 2.45) is 0 Å². The minimum Gasteiger partial charge on any atom is -0.480 e. The first-order valence-electron chi connectivity index (χ1n) is 7.29. The van der Waals surface area contributed by atoms with E-state index in [9.17, 15) is 0 Å². The number of nitrogens with zero attached hydrogens (tertiary/aromatic N) is 5. The van der Waals surface area contributed by atoms with Crippen molar-refractivity contribution >= 4 is 0 Å². The maximum absolute atomic E-state index is 5.06. The first-order valence-corrected chi connectivity index (χ1v) is 7.29. The van der Waals surface area contributed by atoms with Gasteiger partial charge in [-0.2, -0.15) is 0 Å². The lowest BCUT2D eigenvalue weighted by atomic mass is 10.1. The Kier molecular flexibility index (Phi) is 5.62. The maximum atomic E-state index is 5.06. The van der Waals surface area contributed by atoms with Crippen molar-refractivity contribution in [2.75, 3.05) is 13.7 Å². The highest BCUT2D eigenvalue weighted by Gasteiger charge is 2.20. The van der Waals surface area contributed by atoms with Crippen LogP contribution in [0.1, 0.15) is 44.1 Å². The van der Waals surface area contributed by atoms with Crippen molar-refractivity contribution in [1.29, 1.82) is 0 Å². The second kappa shape index (κ2) is 7.68. The van der Waals surface area contributed by atoms with Crippen molar-refractivity contribution in [2.45, 2.75) is 39.3 Å². The van der Waals surface area contributed by atoms with Crippen LogP contribution >= 0.6 is 0 Å². The second-order valence-corrected chi connectivity index (χ2v) is 4.77. The van der Waals surface area contributed by atoms with E-state index < -0.39 is 0 Å². The van der Waals surface area contributed by atoms with E-state index in [0.717, 1.165) is 37.3 Å². The van der Waals surface area contributed by atoms with Crippen LogP contribution in [0, 0.1) is 0 Å². The van der Waals surface area contributed by atoms with E-state index in [1.165, 1.54) is 0 Å². The molecule has 2 rings (SSSR count). The Hall–Kier alpha value is -2.02. The summed E-state index contributed by atoms with van der Waals surface area (Å²) < 4.78 is 6.98. The molecule has 1 atom stereocenters. The molecule has 0 saturated carbocycles. The molecule has 2 heterocycles. The summed E-state index contributed by atoms with van der Waals surface area (Å²) in [6, 6.07) is 3.67. The van der Waals surface area contributed by atoms with Gasteiger partial charge in [-0.05, 0) is 25.5 Å². The summed E-state index contributed by atoms with van der Waals surface area (Å²) in [4.78, 5) is 0. The number of methoxy groups -OCH3 is 1. The van der Waals surface area contributed by atoms with Gasteiger partial charge in [0, 0.05) is 12.6 Å². The van der Waals surface area contributed by atoms with Gasteiger partial charge in [0.25, 0.3) is 0 Å². The van der Waals surface area contributed by atoms with Crippen LogP contribution in [0.25, 0.3) is 0 Å². The lowest BCUT2D eigenvalue weighted by Gasteiger charge is -2.18. The van der Waals surface area contributed by atoms with Gasteiger partial charge in [-0.1, -0.05) is 19.1 Å². The molecular weight excluding hydrogens is 268 g/mol. The number of rotatable bonds is 8. The van der Waals surface area contributed by atoms with Gasteiger partial charge >= 0.3 is 0 Å². The Morgan fingerprint density at radius 1 is 1.24 bits per heavy atom. The normalized spacial score (nSPS) is 12.3. The predicted octanol–water partition coefficient (Wildman–Crippen LogP) is 1.58. The quantitative estimate of drug-likeness (QED) is 0.795. The average Bonchev–Trinajstić information content (AvgIpc) is 2.97. The molecule has 0 spiro atoms. The van der Waals surface area contributed by atoms with Gasteiger partial charge < -0.3 is 10.1 Å². The number of ether oxygens (including phenoxy) is 1. The van der Waals surface area contributed by atoms with Crippen molar-refractivity contribution in [3.05, 3.63) is 29.7 Å². The lowest BCUT2D eigenvalue weighted by molar-refractivity contribution is 0.389. The van der Waals surface area contributed by atoms with Gasteiger partial charge in [-0.25, -0.2) is 4.68 Å². The molecule has 1 unspecified atom stereocenters. The van der Waals surface area contributed by atoms with Crippen LogP contribution in [0.4, 0.5) is 0 Å². The van der Waals surface area contributed by atoms with Crippen molar-refractivity contribution < 1.29 is 4.74 Å². The summed E-state index contributed by atoms with van der Waals surface area (Å²) in [6.45, 7) is 5.97. The SMILES string of the molecule is CCCNC(c1ccc(OC)nn1)c1cnnn1CCC. The van der Waals surface area contributed by atoms with Crippen LogP contribution in [0.5, 0.6) is 5.88 Å². The summed E-state index contributed by atoms with van der Waals surface area (Å²) in [5.41, 5.74) is 1.84. The number of hydrogen-bond donors (Lipinski definition) is 1. The largest absolute Gasteiger partial charge is 0.480 e. The van der Waals surface area contributed by atoms with Gasteiger partial charge in [0.15, 0.2) is 0 Å². The Labute approximate surface area is 124 Å². The lowest BCUT2D eigenvalue weighted by Crippen LogP contribution is -2.27. The molecule has 0 fully saturated rings. The Morgan fingerprint density at radius 3 is 2.71 bits per heavy atom. The van der Waals surface area contributed by atoms with E-state index >= 15 is 0 Å². The van der Waals surface area contributed by atoms with Gasteiger partial charge in [-0.3, -0.25) is 0 Å². The topological polar surface area (TPSA) is 77.8 Å². The fourth-order valence-corrected chi connectivity index (χ4v) is 2.12. The van der Waals surface area contributed by atoms with E-state index in [2.05, 4.69) is 39.7 Å². The molecule has 2 aromatic heterocycles. The zero-order valence-electron chi connectivity index (χ0n) is 12.8. The van der Waals surface area contributed by atoms with E-state index in [-0.39, 0.29) is 6.04 Å². The molecule has 0 aliphatic rings. The van der Waals surface area contributed by atoms with Crippen molar-refractivity contribution in [1.82, 2.24) is 30.5 Å². The molecule has 1 N–H and O–H groups in total. The van der Waals surface area contributed by atoms with Gasteiger partial charge in [0.1, 0.15) is 0 Å². The molecule has 21 heavy (non-hydrogen) atoms. The third-order valence-electron chi connectivity index (χ3n) is 3.14. The first kappa shape index (κ1) is 15.4. The molecule has 114 valence electrons. The number of aryl methyl sites for hydroxylation is 1. The van der Waals surface area contributed by atoms with E-state index in [1.54, 1.807) is 13.3 Å². The van der Waals surface area contributed by atoms with Crippen LogP contribution in [-0.4, -0.2) is 38.8 Å². The van der Waals surface area contributed by atoms with Crippen LogP contribution in [0.15, 0.2) is 18.3 Å². The number of nitrogens with one attached hydrogen (secondary N) is 1.